The van der Waals surface area contributed by atoms with Crippen LogP contribution in [0.25, 0.3) is 0 Å². The Labute approximate surface area is 286 Å². The van der Waals surface area contributed by atoms with Gasteiger partial charge in [0.15, 0.2) is 0 Å². The fraction of sp³-hybridized carbons (Fsp3) is 0.750. The van der Waals surface area contributed by atoms with Crippen LogP contribution in [0, 0.1) is 0 Å². The van der Waals surface area contributed by atoms with Crippen LogP contribution in [-0.2, 0) is 38.3 Å². The number of aliphatic hydroxyl groups is 4. The summed E-state index contributed by atoms with van der Waals surface area (Å²) in [4.78, 5) is 71.1. The smallest absolute Gasteiger partial charge is 0.149 e. The minimum atomic E-state index is -1.52. The number of carbonyl (C=O) groups is 7. The number of methoxy groups -OCH3 is 1. The van der Waals surface area contributed by atoms with Crippen molar-refractivity contribution in [2.75, 3.05) is 37.6 Å². The van der Waals surface area contributed by atoms with Crippen LogP contribution in [0.2, 0.25) is 0 Å². The van der Waals surface area contributed by atoms with E-state index < -0.39 is 47.6 Å². The largest absolute Gasteiger partial charge is 0.550 e. The molecule has 0 rings (SSSR count). The van der Waals surface area contributed by atoms with Gasteiger partial charge in [-0.05, 0) is 47.5 Å². The molecule has 0 aliphatic carbocycles. The molecular formula is C28H49O15S3-3. The lowest BCUT2D eigenvalue weighted by Crippen LogP contribution is -2.37. The number of thiol groups is 3. The molecule has 0 aliphatic heterocycles. The highest BCUT2D eigenvalue weighted by Crippen LogP contribution is 2.15. The average molecular weight is 722 g/mol. The van der Waals surface area contributed by atoms with Crippen molar-refractivity contribution in [3.63, 3.8) is 0 Å². The zero-order valence-electron chi connectivity index (χ0n) is 27.1. The molecule has 0 radical (unpaired) electrons. The lowest BCUT2D eigenvalue weighted by molar-refractivity contribution is -0.310. The van der Waals surface area contributed by atoms with Gasteiger partial charge >= 0.3 is 0 Å². The summed E-state index contributed by atoms with van der Waals surface area (Å²) in [6.45, 7) is 7.10. The van der Waals surface area contributed by atoms with Gasteiger partial charge in [0, 0.05) is 81.2 Å². The first kappa shape index (κ1) is 53.4. The second-order valence-electron chi connectivity index (χ2n) is 10.7. The van der Waals surface area contributed by atoms with Crippen LogP contribution in [0.5, 0.6) is 0 Å². The van der Waals surface area contributed by atoms with Crippen molar-refractivity contribution < 1.29 is 74.0 Å². The number of carboxylic acids is 3. The molecule has 0 aromatic carbocycles. The summed E-state index contributed by atoms with van der Waals surface area (Å²) in [5, 5.41) is 66.2. The summed E-state index contributed by atoms with van der Waals surface area (Å²) in [5.41, 5.74) is -4.07. The highest BCUT2D eigenvalue weighted by atomic mass is 32.1. The number of aliphatic hydroxyl groups excluding tert-OH is 1. The van der Waals surface area contributed by atoms with E-state index in [4.69, 9.17) is 10.2 Å². The molecular weight excluding hydrogens is 672 g/mol. The van der Waals surface area contributed by atoms with E-state index in [-0.39, 0.29) is 66.9 Å². The second-order valence-corrected chi connectivity index (χ2v) is 11.6. The minimum absolute atomic E-state index is 0.00317. The normalized spacial score (nSPS) is 13.7. The maximum atomic E-state index is 10.8. The van der Waals surface area contributed by atoms with Gasteiger partial charge < -0.3 is 54.9 Å². The number of Topliss-reactive ketones (excluding diaryl/α,β-unsaturated/α-hetero) is 4. The van der Waals surface area contributed by atoms with Crippen molar-refractivity contribution in [2.45, 2.75) is 96.4 Å². The number of hydrogen-bond acceptors (Lipinski definition) is 18. The van der Waals surface area contributed by atoms with Crippen molar-refractivity contribution >= 4 is 78.9 Å². The van der Waals surface area contributed by atoms with E-state index >= 15 is 0 Å². The Kier molecular flexibility index (Phi) is 35.2. The zero-order chi connectivity index (χ0) is 37.7. The van der Waals surface area contributed by atoms with Gasteiger partial charge in [-0.2, -0.15) is 37.9 Å². The summed E-state index contributed by atoms with van der Waals surface area (Å²) in [7, 11) is 1.50. The monoisotopic (exact) mass is 721 g/mol. The average Bonchev–Trinajstić information content (AvgIpc) is 2.85. The quantitative estimate of drug-likeness (QED) is 0.0546. The van der Waals surface area contributed by atoms with E-state index in [9.17, 15) is 59.1 Å². The topological polar surface area (TPSA) is 279 Å². The minimum Gasteiger partial charge on any atom is -0.550 e. The highest BCUT2D eigenvalue weighted by molar-refractivity contribution is 7.81. The van der Waals surface area contributed by atoms with Gasteiger partial charge in [-0.15, -0.1) is 0 Å². The molecule has 272 valence electrons. The lowest BCUT2D eigenvalue weighted by atomic mass is 9.96. The fourth-order valence-electron chi connectivity index (χ4n) is 2.55. The molecule has 4 N–H and O–H groups in total. The summed E-state index contributed by atoms with van der Waals surface area (Å²) < 4.78 is 4.69. The first-order valence-electron chi connectivity index (χ1n) is 13.5. The number of carbonyl (C=O) groups excluding carboxylic acids is 7. The standard InChI is InChI=1S/C7H12O4S.C7H14O4.C6H12O4.C5H8O2S.C3H6OS/c1-7(11,3-6(9)10)2-5(8)4-12;1-7(10,3-4-11-2)5-6(8)9;1-6(10,2-3-7)4-5(8)9;1-4(6)2-5(7)3-8;1-3(4)2-5/h11-12H,2-4H2,1H3,(H,9,10);10H,3-5H2,1-2H3,(H,8,9);7,10H,2-4H2,1H3,(H,8,9);8H,2-3H2,1H3;5H,2H2,1H3/p-3/t2*7-;6-;;/m111../s1. The Morgan fingerprint density at radius 2 is 0.957 bits per heavy atom. The van der Waals surface area contributed by atoms with E-state index in [0.717, 1.165) is 0 Å². The van der Waals surface area contributed by atoms with Gasteiger partial charge in [0.05, 0.1) is 23.2 Å². The van der Waals surface area contributed by atoms with Crippen molar-refractivity contribution in [3.05, 3.63) is 0 Å². The van der Waals surface area contributed by atoms with Gasteiger partial charge in [0.25, 0.3) is 0 Å². The highest BCUT2D eigenvalue weighted by Gasteiger charge is 2.23. The molecule has 18 heteroatoms. The molecule has 15 nitrogen and oxygen atoms in total. The number of ketones is 4. The van der Waals surface area contributed by atoms with E-state index in [1.807, 2.05) is 0 Å². The number of ether oxygens (including phenoxy) is 1. The molecule has 46 heavy (non-hydrogen) atoms. The van der Waals surface area contributed by atoms with Gasteiger partial charge in [-0.25, -0.2) is 0 Å². The van der Waals surface area contributed by atoms with Crippen LogP contribution >= 0.6 is 37.9 Å². The Balaban J connectivity index is -0.000000156. The molecule has 0 saturated carbocycles. The molecule has 0 fully saturated rings. The van der Waals surface area contributed by atoms with Gasteiger partial charge in [-0.3, -0.25) is 19.2 Å². The fourth-order valence-corrected chi connectivity index (χ4v) is 2.77. The van der Waals surface area contributed by atoms with E-state index in [0.29, 0.717) is 18.8 Å². The Hall–Kier alpha value is -2.06. The first-order chi connectivity index (χ1) is 20.8. The maximum Gasteiger partial charge on any atom is 0.149 e. The van der Waals surface area contributed by atoms with Crippen LogP contribution in [0.4, 0.5) is 0 Å². The summed E-state index contributed by atoms with van der Waals surface area (Å²) >= 11 is 11.0. The maximum absolute atomic E-state index is 10.8. The van der Waals surface area contributed by atoms with Crippen molar-refractivity contribution in [2.24, 2.45) is 0 Å². The van der Waals surface area contributed by atoms with Crippen LogP contribution in [0.15, 0.2) is 0 Å². The predicted molar refractivity (Wildman–Crippen MR) is 171 cm³/mol. The van der Waals surface area contributed by atoms with E-state index in [2.05, 4.69) is 42.6 Å². The SMILES string of the molecule is CC(=O)CC(=O)CS.CC(=O)CS.COCC[C@@](C)(O)CC(=O)[O-].C[C@@](O)(CCO)CC(=O)[O-].C[C@](O)(CC(=O)[O-])CC(=O)CS. The van der Waals surface area contributed by atoms with Crippen molar-refractivity contribution in [1.82, 2.24) is 0 Å². The number of aliphatic carboxylic acids is 3. The van der Waals surface area contributed by atoms with E-state index in [1.54, 1.807) is 0 Å². The van der Waals surface area contributed by atoms with Gasteiger partial charge in [-0.1, -0.05) is 0 Å². The summed E-state index contributed by atoms with van der Waals surface area (Å²) in [6.07, 6.45) is -1.14. The number of carboxylic acid groups (broad SMARTS) is 3. The van der Waals surface area contributed by atoms with Crippen LogP contribution in [0.3, 0.4) is 0 Å². The lowest BCUT2D eigenvalue weighted by Gasteiger charge is -2.22. The van der Waals surface area contributed by atoms with Crippen molar-refractivity contribution in [3.8, 4) is 0 Å². The first-order valence-corrected chi connectivity index (χ1v) is 15.4. The molecule has 0 saturated heterocycles. The van der Waals surface area contributed by atoms with Crippen molar-refractivity contribution in [1.29, 1.82) is 0 Å². The molecule has 0 bridgehead atoms. The predicted octanol–water partition coefficient (Wildman–Crippen LogP) is -3.09. The summed E-state index contributed by atoms with van der Waals surface area (Å²) in [5.74, 6) is -3.76. The number of hydrogen-bond donors (Lipinski definition) is 7. The Bertz CT molecular complexity index is 920. The number of rotatable bonds is 18. The van der Waals surface area contributed by atoms with E-state index in [1.165, 1.54) is 41.7 Å². The molecule has 0 amide bonds. The third kappa shape index (κ3) is 51.5. The van der Waals surface area contributed by atoms with Gasteiger partial charge in [0.1, 0.15) is 23.1 Å². The van der Waals surface area contributed by atoms with Gasteiger partial charge in [0.2, 0.25) is 0 Å². The molecule has 0 unspecified atom stereocenters. The van der Waals surface area contributed by atoms with Crippen LogP contribution in [0.1, 0.15) is 79.6 Å². The zero-order valence-corrected chi connectivity index (χ0v) is 29.8. The third-order valence-corrected chi connectivity index (χ3v) is 5.82. The second kappa shape index (κ2) is 30.3. The molecule has 0 aromatic heterocycles. The molecule has 3 atom stereocenters. The summed E-state index contributed by atoms with van der Waals surface area (Å²) in [6, 6.07) is 0. The Morgan fingerprint density at radius 1 is 0.609 bits per heavy atom. The molecule has 0 heterocycles. The molecule has 0 aliphatic rings. The Morgan fingerprint density at radius 3 is 1.20 bits per heavy atom. The third-order valence-electron chi connectivity index (χ3n) is 4.67. The molecule has 0 spiro atoms. The molecule has 0 aromatic rings. The van der Waals surface area contributed by atoms with Crippen LogP contribution < -0.4 is 15.3 Å². The van der Waals surface area contributed by atoms with Crippen LogP contribution in [-0.4, -0.2) is 116 Å².